The van der Waals surface area contributed by atoms with Crippen LogP contribution in [-0.2, 0) is 4.79 Å². The Morgan fingerprint density at radius 1 is 0.889 bits per heavy atom. The van der Waals surface area contributed by atoms with Crippen molar-refractivity contribution in [1.82, 2.24) is 10.6 Å². The molecule has 0 saturated heterocycles. The molecule has 0 saturated carbocycles. The van der Waals surface area contributed by atoms with Crippen LogP contribution in [0.3, 0.4) is 0 Å². The summed E-state index contributed by atoms with van der Waals surface area (Å²) >= 11 is 0. The molecule has 2 N–H and O–H groups in total. The van der Waals surface area contributed by atoms with Crippen molar-refractivity contribution in [3.63, 3.8) is 0 Å². The Morgan fingerprint density at radius 2 is 1.52 bits per heavy atom. The van der Waals surface area contributed by atoms with Gasteiger partial charge in [0.2, 0.25) is 0 Å². The van der Waals surface area contributed by atoms with Crippen LogP contribution < -0.4 is 15.4 Å². The van der Waals surface area contributed by atoms with Gasteiger partial charge in [-0.1, -0.05) is 30.3 Å². The van der Waals surface area contributed by atoms with E-state index in [-0.39, 0.29) is 23.8 Å². The average Bonchev–Trinajstić information content (AvgIpc) is 2.66. The molecule has 0 aliphatic heterocycles. The molecule has 27 heavy (non-hydrogen) atoms. The lowest BCUT2D eigenvalue weighted by Gasteiger charge is -2.20. The molecule has 0 atom stereocenters. The molecule has 0 aliphatic rings. The van der Waals surface area contributed by atoms with Crippen molar-refractivity contribution in [1.29, 1.82) is 0 Å². The lowest BCUT2D eigenvalue weighted by molar-refractivity contribution is -0.123. The summed E-state index contributed by atoms with van der Waals surface area (Å²) in [6, 6.07) is 15.9. The standard InChI is InChI=1S/C22H28N2O3/c1-22(2,3)24-15-7-14-23-20(25)16-27-19-12-10-18(11-13-19)21(26)17-8-5-4-6-9-17/h4-6,8-13,24H,7,14-16H2,1-3H3,(H,23,25). The number of ether oxygens (including phenoxy) is 1. The highest BCUT2D eigenvalue weighted by Gasteiger charge is 2.09. The van der Waals surface area contributed by atoms with E-state index in [4.69, 9.17) is 4.74 Å². The van der Waals surface area contributed by atoms with E-state index in [1.807, 2.05) is 18.2 Å². The molecule has 5 nitrogen and oxygen atoms in total. The lowest BCUT2D eigenvalue weighted by Crippen LogP contribution is -2.38. The first-order valence-corrected chi connectivity index (χ1v) is 9.19. The first kappa shape index (κ1) is 20.6. The van der Waals surface area contributed by atoms with Gasteiger partial charge in [-0.25, -0.2) is 0 Å². The van der Waals surface area contributed by atoms with E-state index in [2.05, 4.69) is 31.4 Å². The molecule has 1 amide bonds. The van der Waals surface area contributed by atoms with Crippen LogP contribution in [0.25, 0.3) is 0 Å². The molecule has 0 radical (unpaired) electrons. The summed E-state index contributed by atoms with van der Waals surface area (Å²) in [5, 5.41) is 6.20. The van der Waals surface area contributed by atoms with Crippen LogP contribution in [0.1, 0.15) is 43.1 Å². The molecular formula is C22H28N2O3. The van der Waals surface area contributed by atoms with E-state index in [0.717, 1.165) is 13.0 Å². The second-order valence-electron chi connectivity index (χ2n) is 7.39. The average molecular weight is 368 g/mol. The summed E-state index contributed by atoms with van der Waals surface area (Å²) in [6.07, 6.45) is 0.860. The van der Waals surface area contributed by atoms with Crippen molar-refractivity contribution in [3.05, 3.63) is 65.7 Å². The van der Waals surface area contributed by atoms with E-state index in [1.165, 1.54) is 0 Å². The highest BCUT2D eigenvalue weighted by atomic mass is 16.5. The second-order valence-corrected chi connectivity index (χ2v) is 7.39. The summed E-state index contributed by atoms with van der Waals surface area (Å²) in [6.45, 7) is 7.74. The van der Waals surface area contributed by atoms with Crippen molar-refractivity contribution >= 4 is 11.7 Å². The SMILES string of the molecule is CC(C)(C)NCCCNC(=O)COc1ccc(C(=O)c2ccccc2)cc1. The van der Waals surface area contributed by atoms with Gasteiger partial charge < -0.3 is 15.4 Å². The molecule has 2 rings (SSSR count). The molecule has 5 heteroatoms. The third-order valence-corrected chi connectivity index (χ3v) is 3.85. The number of amides is 1. The Hall–Kier alpha value is -2.66. The van der Waals surface area contributed by atoms with Gasteiger partial charge in [0.25, 0.3) is 5.91 Å². The molecule has 2 aromatic rings. The zero-order valence-electron chi connectivity index (χ0n) is 16.2. The third kappa shape index (κ3) is 7.62. The quantitative estimate of drug-likeness (QED) is 0.527. The molecule has 2 aromatic carbocycles. The molecule has 0 spiro atoms. The van der Waals surface area contributed by atoms with Gasteiger partial charge in [0.05, 0.1) is 0 Å². The molecule has 0 aromatic heterocycles. The molecule has 0 heterocycles. The van der Waals surface area contributed by atoms with Crippen molar-refractivity contribution in [3.8, 4) is 5.75 Å². The zero-order valence-corrected chi connectivity index (χ0v) is 16.2. The van der Waals surface area contributed by atoms with Gasteiger partial charge in [0, 0.05) is 23.2 Å². The van der Waals surface area contributed by atoms with Crippen molar-refractivity contribution in [2.45, 2.75) is 32.7 Å². The van der Waals surface area contributed by atoms with Crippen molar-refractivity contribution < 1.29 is 14.3 Å². The molecule has 0 unspecified atom stereocenters. The Morgan fingerprint density at radius 3 is 2.15 bits per heavy atom. The maximum Gasteiger partial charge on any atom is 0.257 e. The number of ketones is 1. The van der Waals surface area contributed by atoms with Crippen LogP contribution in [0.15, 0.2) is 54.6 Å². The number of rotatable bonds is 9. The van der Waals surface area contributed by atoms with Crippen LogP contribution in [0.5, 0.6) is 5.75 Å². The summed E-state index contributed by atoms with van der Waals surface area (Å²) in [7, 11) is 0. The Bertz CT molecular complexity index is 734. The lowest BCUT2D eigenvalue weighted by atomic mass is 10.0. The highest BCUT2D eigenvalue weighted by molar-refractivity contribution is 6.08. The van der Waals surface area contributed by atoms with Gasteiger partial charge in [-0.15, -0.1) is 0 Å². The van der Waals surface area contributed by atoms with Gasteiger partial charge >= 0.3 is 0 Å². The topological polar surface area (TPSA) is 67.4 Å². The Kier molecular flexibility index (Phi) is 7.55. The second kappa shape index (κ2) is 9.88. The maximum absolute atomic E-state index is 12.3. The van der Waals surface area contributed by atoms with Crippen LogP contribution in [-0.4, -0.2) is 36.9 Å². The van der Waals surface area contributed by atoms with Gasteiger partial charge in [0.1, 0.15) is 5.75 Å². The maximum atomic E-state index is 12.3. The normalized spacial score (nSPS) is 11.1. The molecule has 0 aliphatic carbocycles. The minimum atomic E-state index is -0.157. The fourth-order valence-electron chi connectivity index (χ4n) is 2.44. The van der Waals surface area contributed by atoms with Gasteiger partial charge in [-0.2, -0.15) is 0 Å². The van der Waals surface area contributed by atoms with E-state index < -0.39 is 0 Å². The fourth-order valence-corrected chi connectivity index (χ4v) is 2.44. The van der Waals surface area contributed by atoms with E-state index >= 15 is 0 Å². The summed E-state index contributed by atoms with van der Waals surface area (Å²) in [4.78, 5) is 24.2. The number of hydrogen-bond acceptors (Lipinski definition) is 4. The first-order chi connectivity index (χ1) is 12.8. The van der Waals surface area contributed by atoms with E-state index in [1.54, 1.807) is 36.4 Å². The largest absolute Gasteiger partial charge is 0.484 e. The number of carbonyl (C=O) groups is 2. The van der Waals surface area contributed by atoms with Crippen LogP contribution in [0.4, 0.5) is 0 Å². The fraction of sp³-hybridized carbons (Fsp3) is 0.364. The van der Waals surface area contributed by atoms with Gasteiger partial charge in [-0.3, -0.25) is 9.59 Å². The highest BCUT2D eigenvalue weighted by Crippen LogP contribution is 2.15. The smallest absolute Gasteiger partial charge is 0.257 e. The summed E-state index contributed by atoms with van der Waals surface area (Å²) < 4.78 is 5.48. The predicted octanol–water partition coefficient (Wildman–Crippen LogP) is 3.19. The van der Waals surface area contributed by atoms with E-state index in [0.29, 0.717) is 23.4 Å². The van der Waals surface area contributed by atoms with Crippen LogP contribution in [0.2, 0.25) is 0 Å². The Labute approximate surface area is 161 Å². The monoisotopic (exact) mass is 368 g/mol. The molecule has 144 valence electrons. The minimum Gasteiger partial charge on any atom is -0.484 e. The first-order valence-electron chi connectivity index (χ1n) is 9.19. The summed E-state index contributed by atoms with van der Waals surface area (Å²) in [5.74, 6) is 0.364. The predicted molar refractivity (Wildman–Crippen MR) is 107 cm³/mol. The van der Waals surface area contributed by atoms with Gasteiger partial charge in [-0.05, 0) is 58.0 Å². The minimum absolute atomic E-state index is 0.0382. The van der Waals surface area contributed by atoms with Crippen LogP contribution in [0, 0.1) is 0 Å². The molecular weight excluding hydrogens is 340 g/mol. The van der Waals surface area contributed by atoms with Gasteiger partial charge in [0.15, 0.2) is 12.4 Å². The summed E-state index contributed by atoms with van der Waals surface area (Å²) in [5.41, 5.74) is 1.32. The number of carbonyl (C=O) groups excluding carboxylic acids is 2. The number of hydrogen-bond donors (Lipinski definition) is 2. The van der Waals surface area contributed by atoms with Crippen molar-refractivity contribution in [2.75, 3.05) is 19.7 Å². The van der Waals surface area contributed by atoms with Crippen molar-refractivity contribution in [2.24, 2.45) is 0 Å². The Balaban J connectivity index is 1.72. The molecule has 0 bridgehead atoms. The number of benzene rings is 2. The zero-order chi connectivity index (χ0) is 19.7. The van der Waals surface area contributed by atoms with Crippen LogP contribution >= 0.6 is 0 Å². The van der Waals surface area contributed by atoms with E-state index in [9.17, 15) is 9.59 Å². The number of nitrogens with one attached hydrogen (secondary N) is 2. The molecule has 0 fully saturated rings. The third-order valence-electron chi connectivity index (χ3n) is 3.85.